The van der Waals surface area contributed by atoms with Gasteiger partial charge in [-0.25, -0.2) is 4.99 Å². The highest BCUT2D eigenvalue weighted by atomic mass is 16.3. The number of aliphatic hydroxyl groups is 1. The Morgan fingerprint density at radius 2 is 1.54 bits per heavy atom. The van der Waals surface area contributed by atoms with Crippen molar-refractivity contribution in [3.8, 4) is 0 Å². The van der Waals surface area contributed by atoms with Crippen LogP contribution in [-0.2, 0) is 0 Å². The third-order valence-corrected chi connectivity index (χ3v) is 6.00. The average Bonchev–Trinajstić information content (AvgIpc) is 3.05. The first-order valence-corrected chi connectivity index (χ1v) is 11.4. The highest BCUT2D eigenvalue weighted by molar-refractivity contribution is 5.60. The van der Waals surface area contributed by atoms with Gasteiger partial charge in [0.2, 0.25) is 0 Å². The average molecular weight is 366 g/mol. The molecule has 1 rings (SSSR count). The molecule has 0 saturated carbocycles. The summed E-state index contributed by atoms with van der Waals surface area (Å²) in [7, 11) is 0. The molecule has 0 aromatic rings. The zero-order valence-electron chi connectivity index (χ0n) is 17.7. The Morgan fingerprint density at radius 3 is 2.15 bits per heavy atom. The zero-order valence-corrected chi connectivity index (χ0v) is 17.7. The van der Waals surface area contributed by atoms with E-state index in [1.54, 1.807) is 0 Å². The van der Waals surface area contributed by atoms with Crippen molar-refractivity contribution in [1.29, 1.82) is 0 Å². The molecule has 2 atom stereocenters. The van der Waals surface area contributed by atoms with Crippen LogP contribution in [0.25, 0.3) is 0 Å². The maximum Gasteiger partial charge on any atom is 0.182 e. The number of hydrogen-bond donors (Lipinski definition) is 1. The highest BCUT2D eigenvalue weighted by Gasteiger charge is 2.36. The summed E-state index contributed by atoms with van der Waals surface area (Å²) >= 11 is 0. The largest absolute Gasteiger partial charge is 0.391 e. The number of unbranched alkanes of at least 4 members (excludes halogenated alkanes) is 10. The molecule has 1 N–H and O–H groups in total. The van der Waals surface area contributed by atoms with Crippen LogP contribution in [0.3, 0.4) is 0 Å². The molecule has 3 heteroatoms. The van der Waals surface area contributed by atoms with Gasteiger partial charge in [0.1, 0.15) is 13.1 Å². The topological polar surface area (TPSA) is 32.6 Å². The monoisotopic (exact) mass is 365 g/mol. The Bertz CT molecular complexity index is 380. The number of allylic oxidation sites excluding steroid dienone is 2. The summed E-state index contributed by atoms with van der Waals surface area (Å²) in [6, 6.07) is 0. The van der Waals surface area contributed by atoms with Gasteiger partial charge in [-0.15, -0.1) is 0 Å². The van der Waals surface area contributed by atoms with Gasteiger partial charge in [-0.2, -0.15) is 0 Å². The van der Waals surface area contributed by atoms with Crippen molar-refractivity contribution >= 4 is 6.21 Å². The van der Waals surface area contributed by atoms with Crippen LogP contribution in [0.15, 0.2) is 17.1 Å². The molecule has 152 valence electrons. The maximum atomic E-state index is 9.35. The highest BCUT2D eigenvalue weighted by Crippen LogP contribution is 2.23. The molecule has 0 aromatic heterocycles. The van der Waals surface area contributed by atoms with E-state index in [9.17, 15) is 5.11 Å². The van der Waals surface area contributed by atoms with E-state index in [4.69, 9.17) is 0 Å². The van der Waals surface area contributed by atoms with E-state index in [1.807, 2.05) is 0 Å². The second-order valence-corrected chi connectivity index (χ2v) is 8.00. The lowest BCUT2D eigenvalue weighted by molar-refractivity contribution is -0.936. The predicted octanol–water partition coefficient (Wildman–Crippen LogP) is 5.87. The molecule has 0 amide bonds. The standard InChI is InChI=1S/C23H45N2O/c1-3-5-6-7-8-9-10-11-12-13-14-15-16-17-18-23-24-19-20-25(23,4-2)21-22-26/h14-15,19,23,26H,3-13,16-18,20-22H2,1-2H3/q+1/b15-14+. The Morgan fingerprint density at radius 1 is 0.923 bits per heavy atom. The molecule has 26 heavy (non-hydrogen) atoms. The first-order valence-electron chi connectivity index (χ1n) is 11.4. The molecule has 0 bridgehead atoms. The van der Waals surface area contributed by atoms with Crippen molar-refractivity contribution in [2.45, 2.75) is 103 Å². The van der Waals surface area contributed by atoms with Crippen LogP contribution >= 0.6 is 0 Å². The molecule has 3 nitrogen and oxygen atoms in total. The Hall–Kier alpha value is -0.670. The fraction of sp³-hybridized carbons (Fsp3) is 0.870. The summed E-state index contributed by atoms with van der Waals surface area (Å²) in [5.74, 6) is 0. The van der Waals surface area contributed by atoms with Gasteiger partial charge in [-0.1, -0.05) is 70.4 Å². The number of likely N-dealkylation sites (N-methyl/N-ethyl adjacent to an activating group) is 1. The molecule has 0 saturated heterocycles. The van der Waals surface area contributed by atoms with Gasteiger partial charge < -0.3 is 5.11 Å². The smallest absolute Gasteiger partial charge is 0.182 e. The molecule has 1 aliphatic rings. The number of aliphatic imine (C=N–C) groups is 1. The van der Waals surface area contributed by atoms with Gasteiger partial charge in [-0.05, 0) is 32.6 Å². The molecule has 2 unspecified atom stereocenters. The summed E-state index contributed by atoms with van der Waals surface area (Å²) < 4.78 is 0.957. The minimum atomic E-state index is 0.270. The van der Waals surface area contributed by atoms with E-state index in [0.29, 0.717) is 6.17 Å². The van der Waals surface area contributed by atoms with Crippen molar-refractivity contribution in [2.24, 2.45) is 4.99 Å². The second kappa shape index (κ2) is 15.4. The summed E-state index contributed by atoms with van der Waals surface area (Å²) in [6.45, 7) is 7.69. The number of nitrogens with zero attached hydrogens (tertiary/aromatic N) is 2. The van der Waals surface area contributed by atoms with Gasteiger partial charge in [0.15, 0.2) is 6.17 Å². The number of rotatable bonds is 17. The van der Waals surface area contributed by atoms with Gasteiger partial charge in [0.05, 0.1) is 19.4 Å². The summed E-state index contributed by atoms with van der Waals surface area (Å²) in [5.41, 5.74) is 0. The third kappa shape index (κ3) is 9.32. The first kappa shape index (κ1) is 23.4. The quantitative estimate of drug-likeness (QED) is 0.195. The Kier molecular flexibility index (Phi) is 13.8. The van der Waals surface area contributed by atoms with E-state index in [2.05, 4.69) is 37.2 Å². The van der Waals surface area contributed by atoms with Crippen molar-refractivity contribution < 1.29 is 9.59 Å². The molecule has 0 radical (unpaired) electrons. The van der Waals surface area contributed by atoms with Gasteiger partial charge in [0, 0.05) is 6.42 Å². The van der Waals surface area contributed by atoms with Gasteiger partial charge in [0.25, 0.3) is 0 Å². The molecule has 0 aromatic carbocycles. The van der Waals surface area contributed by atoms with E-state index >= 15 is 0 Å². The van der Waals surface area contributed by atoms with Crippen LogP contribution in [0.5, 0.6) is 0 Å². The van der Waals surface area contributed by atoms with Crippen molar-refractivity contribution in [3.63, 3.8) is 0 Å². The fourth-order valence-corrected chi connectivity index (χ4v) is 4.11. The lowest BCUT2D eigenvalue weighted by Gasteiger charge is -2.37. The Labute approximate surface area is 163 Å². The second-order valence-electron chi connectivity index (χ2n) is 8.00. The fourth-order valence-electron chi connectivity index (χ4n) is 4.11. The maximum absolute atomic E-state index is 9.35. The summed E-state index contributed by atoms with van der Waals surface area (Å²) in [6.07, 6.45) is 24.6. The van der Waals surface area contributed by atoms with Crippen molar-refractivity contribution in [3.05, 3.63) is 12.2 Å². The van der Waals surface area contributed by atoms with Crippen LogP contribution in [0, 0.1) is 0 Å². The molecule has 0 spiro atoms. The van der Waals surface area contributed by atoms with Crippen LogP contribution in [0.4, 0.5) is 0 Å². The van der Waals surface area contributed by atoms with Crippen molar-refractivity contribution in [2.75, 3.05) is 26.2 Å². The third-order valence-electron chi connectivity index (χ3n) is 6.00. The van der Waals surface area contributed by atoms with E-state index in [0.717, 1.165) is 30.5 Å². The molecule has 0 fully saturated rings. The lowest BCUT2D eigenvalue weighted by Crippen LogP contribution is -2.53. The zero-order chi connectivity index (χ0) is 18.9. The normalized spacial score (nSPS) is 22.7. The van der Waals surface area contributed by atoms with Crippen molar-refractivity contribution in [1.82, 2.24) is 0 Å². The summed E-state index contributed by atoms with van der Waals surface area (Å²) in [5, 5.41) is 9.35. The SMILES string of the molecule is CCCCCCCCCCC/C=C/CCCC1N=CC[N+]1(CC)CCO. The number of quaternary nitrogens is 1. The van der Waals surface area contributed by atoms with Crippen LogP contribution < -0.4 is 0 Å². The molecular weight excluding hydrogens is 320 g/mol. The first-order chi connectivity index (χ1) is 12.8. The molecular formula is C23H45N2O+. The Balaban J connectivity index is 1.97. The van der Waals surface area contributed by atoms with Crippen LogP contribution in [0.2, 0.25) is 0 Å². The molecule has 1 aliphatic heterocycles. The van der Waals surface area contributed by atoms with Gasteiger partial charge >= 0.3 is 0 Å². The summed E-state index contributed by atoms with van der Waals surface area (Å²) in [4.78, 5) is 4.69. The number of hydrogen-bond acceptors (Lipinski definition) is 2. The number of aliphatic hydroxyl groups excluding tert-OH is 1. The van der Waals surface area contributed by atoms with Crippen LogP contribution in [-0.4, -0.2) is 48.2 Å². The lowest BCUT2D eigenvalue weighted by atomic mass is 10.1. The van der Waals surface area contributed by atoms with E-state index in [-0.39, 0.29) is 6.61 Å². The molecule has 0 aliphatic carbocycles. The van der Waals surface area contributed by atoms with Gasteiger partial charge in [-0.3, -0.25) is 4.48 Å². The minimum absolute atomic E-state index is 0.270. The van der Waals surface area contributed by atoms with Crippen LogP contribution in [0.1, 0.15) is 97.3 Å². The van der Waals surface area contributed by atoms with E-state index < -0.39 is 0 Å². The molecule has 1 heterocycles. The minimum Gasteiger partial charge on any atom is -0.391 e. The predicted molar refractivity (Wildman–Crippen MR) is 115 cm³/mol. The van der Waals surface area contributed by atoms with E-state index in [1.165, 1.54) is 77.0 Å².